The molecule has 0 aromatic carbocycles. The molecule has 0 aliphatic rings. The van der Waals surface area contributed by atoms with Gasteiger partial charge < -0.3 is 33.8 Å². The van der Waals surface area contributed by atoms with Crippen LogP contribution in [-0.2, 0) is 65.4 Å². The summed E-state index contributed by atoms with van der Waals surface area (Å²) in [5, 5.41) is 10.5. The van der Waals surface area contributed by atoms with Crippen LogP contribution in [-0.4, -0.2) is 96.7 Å². The average molecular weight is 1130 g/mol. The Balaban J connectivity index is 5.18. The topological polar surface area (TPSA) is 237 Å². The molecule has 0 aliphatic carbocycles. The second-order valence-electron chi connectivity index (χ2n) is 21.2. The first kappa shape index (κ1) is 74.1. The fraction of sp³-hybridized carbons (Fsp3) is 0.930. The molecule has 0 heterocycles. The normalized spacial score (nSPS) is 14.4. The van der Waals surface area contributed by atoms with Gasteiger partial charge in [0.1, 0.15) is 19.3 Å². The maximum atomic E-state index is 12.9. The second kappa shape index (κ2) is 51.2. The summed E-state index contributed by atoms with van der Waals surface area (Å²) < 4.78 is 67.5. The lowest BCUT2D eigenvalue weighted by Gasteiger charge is -2.21. The minimum Gasteiger partial charge on any atom is -0.462 e. The van der Waals surface area contributed by atoms with Gasteiger partial charge in [-0.05, 0) is 31.6 Å². The largest absolute Gasteiger partial charge is 0.472 e. The zero-order valence-electron chi connectivity index (χ0n) is 48.4. The molecule has 0 saturated carbocycles. The van der Waals surface area contributed by atoms with Crippen molar-refractivity contribution >= 4 is 39.5 Å². The quantitative estimate of drug-likeness (QED) is 0.0222. The fourth-order valence-electron chi connectivity index (χ4n) is 8.34. The fourth-order valence-corrected chi connectivity index (χ4v) is 9.92. The van der Waals surface area contributed by atoms with E-state index in [4.69, 9.17) is 37.0 Å². The first-order valence-corrected chi connectivity index (χ1v) is 33.1. The minimum absolute atomic E-state index is 0.105. The summed E-state index contributed by atoms with van der Waals surface area (Å²) in [5.41, 5.74) is 0. The van der Waals surface area contributed by atoms with Crippen LogP contribution < -0.4 is 0 Å². The highest BCUT2D eigenvalue weighted by molar-refractivity contribution is 7.47. The number of rotatable bonds is 57. The summed E-state index contributed by atoms with van der Waals surface area (Å²) in [6.07, 6.45) is 32.4. The van der Waals surface area contributed by atoms with Crippen molar-refractivity contribution in [2.45, 2.75) is 297 Å². The second-order valence-corrected chi connectivity index (χ2v) is 24.1. The molecule has 3 N–H and O–H groups in total. The predicted molar refractivity (Wildman–Crippen MR) is 298 cm³/mol. The van der Waals surface area contributed by atoms with E-state index in [2.05, 4.69) is 34.6 Å². The Labute approximate surface area is 460 Å². The number of unbranched alkanes of at least 4 members (excludes halogenated alkanes) is 29. The van der Waals surface area contributed by atoms with Crippen molar-refractivity contribution in [2.75, 3.05) is 39.6 Å². The molecule has 0 aliphatic heterocycles. The smallest absolute Gasteiger partial charge is 0.462 e. The van der Waals surface area contributed by atoms with E-state index in [9.17, 15) is 43.2 Å². The van der Waals surface area contributed by atoms with Crippen molar-refractivity contribution in [2.24, 2.45) is 5.92 Å². The molecule has 0 spiro atoms. The molecular weight excluding hydrogens is 1020 g/mol. The molecule has 0 aromatic heterocycles. The van der Waals surface area contributed by atoms with E-state index in [1.807, 2.05) is 0 Å². The number of aliphatic hydroxyl groups is 1. The van der Waals surface area contributed by atoms with Crippen molar-refractivity contribution < 1.29 is 80.2 Å². The van der Waals surface area contributed by atoms with Gasteiger partial charge in [-0.15, -0.1) is 0 Å². The molecule has 0 rings (SSSR count). The van der Waals surface area contributed by atoms with E-state index in [-0.39, 0.29) is 25.7 Å². The van der Waals surface area contributed by atoms with Crippen LogP contribution >= 0.6 is 15.6 Å². The molecule has 450 valence electrons. The standard InChI is InChI=1S/C57H110O17P2/c1-6-9-12-15-17-19-20-22-26-31-36-41-55(60)68-47-53(74-57(62)43-38-33-28-24-23-25-30-34-39-50(4)5)49-72-76(65,66)70-45-51(58)44-69-75(63,64)71-48-52(46-67-54(59)40-35-29-14-11-8-3)73-56(61)42-37-32-27-21-18-16-13-10-7-2/h50-53,58H,6-49H2,1-5H3,(H,63,64)(H,65,66)/t51-,52+,53+/m0/s1. The molecule has 17 nitrogen and oxygen atoms in total. The maximum absolute atomic E-state index is 12.9. The molecule has 2 unspecified atom stereocenters. The number of aliphatic hydroxyl groups excluding tert-OH is 1. The number of phosphoric acid groups is 2. The van der Waals surface area contributed by atoms with Gasteiger partial charge in [0.2, 0.25) is 0 Å². The molecule has 0 amide bonds. The van der Waals surface area contributed by atoms with E-state index < -0.39 is 97.5 Å². The number of carbonyl (C=O) groups is 4. The van der Waals surface area contributed by atoms with Crippen LogP contribution in [0.1, 0.15) is 279 Å². The zero-order chi connectivity index (χ0) is 56.4. The van der Waals surface area contributed by atoms with Crippen molar-refractivity contribution in [3.8, 4) is 0 Å². The molecule has 0 saturated heterocycles. The highest BCUT2D eigenvalue weighted by atomic mass is 31.2. The van der Waals surface area contributed by atoms with E-state index in [1.54, 1.807) is 0 Å². The predicted octanol–water partition coefficient (Wildman–Crippen LogP) is 15.1. The first-order chi connectivity index (χ1) is 36.5. The molecule has 5 atom stereocenters. The minimum atomic E-state index is -4.93. The number of carbonyl (C=O) groups excluding carboxylic acids is 4. The lowest BCUT2D eigenvalue weighted by atomic mass is 10.0. The third-order valence-electron chi connectivity index (χ3n) is 13.0. The third kappa shape index (κ3) is 51.5. The Morgan fingerprint density at radius 3 is 0.895 bits per heavy atom. The SMILES string of the molecule is CCCCCCCCCCCCCC(=O)OC[C@H](COP(=O)(O)OC[C@@H](O)COP(=O)(O)OC[C@@H](COC(=O)CCCCCCC)OC(=O)CCCCCCCCCCC)OC(=O)CCCCCCCCCCC(C)C. The van der Waals surface area contributed by atoms with Crippen LogP contribution in [0.5, 0.6) is 0 Å². The van der Waals surface area contributed by atoms with E-state index >= 15 is 0 Å². The zero-order valence-corrected chi connectivity index (χ0v) is 50.2. The number of phosphoric ester groups is 2. The maximum Gasteiger partial charge on any atom is 0.472 e. The van der Waals surface area contributed by atoms with Crippen molar-refractivity contribution in [1.82, 2.24) is 0 Å². The summed E-state index contributed by atoms with van der Waals surface area (Å²) in [6.45, 7) is 6.99. The highest BCUT2D eigenvalue weighted by Gasteiger charge is 2.30. The van der Waals surface area contributed by atoms with Crippen LogP contribution in [0.25, 0.3) is 0 Å². The Hall–Kier alpha value is -1.94. The van der Waals surface area contributed by atoms with E-state index in [1.165, 1.54) is 96.3 Å². The summed E-state index contributed by atoms with van der Waals surface area (Å²) in [5.74, 6) is -1.44. The third-order valence-corrected chi connectivity index (χ3v) is 14.9. The number of hydrogen-bond donors (Lipinski definition) is 3. The molecule has 0 bridgehead atoms. The van der Waals surface area contributed by atoms with Crippen LogP contribution in [0.15, 0.2) is 0 Å². The van der Waals surface area contributed by atoms with Gasteiger partial charge in [0.15, 0.2) is 12.2 Å². The Morgan fingerprint density at radius 2 is 0.605 bits per heavy atom. The summed E-state index contributed by atoms with van der Waals surface area (Å²) >= 11 is 0. The van der Waals surface area contributed by atoms with Gasteiger partial charge in [0.25, 0.3) is 0 Å². The number of esters is 4. The molecular formula is C57H110O17P2. The van der Waals surface area contributed by atoms with Crippen molar-refractivity contribution in [1.29, 1.82) is 0 Å². The van der Waals surface area contributed by atoms with Crippen molar-refractivity contribution in [3.05, 3.63) is 0 Å². The van der Waals surface area contributed by atoms with Crippen LogP contribution in [0.2, 0.25) is 0 Å². The number of hydrogen-bond acceptors (Lipinski definition) is 15. The Bertz CT molecular complexity index is 1500. The van der Waals surface area contributed by atoms with Crippen LogP contribution in [0.4, 0.5) is 0 Å². The lowest BCUT2D eigenvalue weighted by molar-refractivity contribution is -0.161. The average Bonchev–Trinajstić information content (AvgIpc) is 3.38. The van der Waals surface area contributed by atoms with Gasteiger partial charge in [0, 0.05) is 25.7 Å². The number of ether oxygens (including phenoxy) is 4. The molecule has 0 radical (unpaired) electrons. The van der Waals surface area contributed by atoms with Gasteiger partial charge in [-0.1, -0.05) is 227 Å². The van der Waals surface area contributed by atoms with Gasteiger partial charge >= 0.3 is 39.5 Å². The first-order valence-electron chi connectivity index (χ1n) is 30.1. The van der Waals surface area contributed by atoms with Gasteiger partial charge in [-0.25, -0.2) is 9.13 Å². The summed E-state index contributed by atoms with van der Waals surface area (Å²) in [7, 11) is -9.86. The van der Waals surface area contributed by atoms with Crippen LogP contribution in [0.3, 0.4) is 0 Å². The Kier molecular flexibility index (Phi) is 49.9. The molecule has 0 fully saturated rings. The molecule has 76 heavy (non-hydrogen) atoms. The van der Waals surface area contributed by atoms with Crippen molar-refractivity contribution in [3.63, 3.8) is 0 Å². The Morgan fingerprint density at radius 1 is 0.355 bits per heavy atom. The summed E-state index contributed by atoms with van der Waals surface area (Å²) in [6, 6.07) is 0. The molecule has 0 aromatic rings. The van der Waals surface area contributed by atoms with Crippen LogP contribution in [0, 0.1) is 5.92 Å². The van der Waals surface area contributed by atoms with E-state index in [0.717, 1.165) is 102 Å². The molecule has 19 heteroatoms. The van der Waals surface area contributed by atoms with Gasteiger partial charge in [0.05, 0.1) is 26.4 Å². The summed E-state index contributed by atoms with van der Waals surface area (Å²) in [4.78, 5) is 71.6. The monoisotopic (exact) mass is 1130 g/mol. The lowest BCUT2D eigenvalue weighted by Crippen LogP contribution is -2.30. The van der Waals surface area contributed by atoms with E-state index in [0.29, 0.717) is 25.7 Å². The highest BCUT2D eigenvalue weighted by Crippen LogP contribution is 2.45. The van der Waals surface area contributed by atoms with Gasteiger partial charge in [-0.3, -0.25) is 37.3 Å². The van der Waals surface area contributed by atoms with Gasteiger partial charge in [-0.2, -0.15) is 0 Å².